The second-order valence-corrected chi connectivity index (χ2v) is 3.19. The van der Waals surface area contributed by atoms with E-state index < -0.39 is 11.9 Å². The summed E-state index contributed by atoms with van der Waals surface area (Å²) in [5.41, 5.74) is 0.646. The molecule has 6 heteroatoms. The minimum Gasteiger partial charge on any atom is -0.494 e. The van der Waals surface area contributed by atoms with Gasteiger partial charge in [0.1, 0.15) is 5.75 Å². The Balaban J connectivity index is 2.31. The summed E-state index contributed by atoms with van der Waals surface area (Å²) in [6.07, 6.45) is 0. The molecule has 0 saturated heterocycles. The second kappa shape index (κ2) is 4.65. The number of carboxylic acid groups (broad SMARTS) is 1. The molecule has 0 saturated carbocycles. The van der Waals surface area contributed by atoms with Crippen molar-refractivity contribution in [1.82, 2.24) is 10.1 Å². The van der Waals surface area contributed by atoms with Crippen molar-refractivity contribution in [3.05, 3.63) is 30.2 Å². The van der Waals surface area contributed by atoms with Crippen LogP contribution in [0.5, 0.6) is 5.75 Å². The van der Waals surface area contributed by atoms with E-state index in [-0.39, 0.29) is 5.82 Å². The van der Waals surface area contributed by atoms with Gasteiger partial charge in [0.05, 0.1) is 6.61 Å². The van der Waals surface area contributed by atoms with Crippen LogP contribution in [0.25, 0.3) is 11.4 Å². The first-order chi connectivity index (χ1) is 8.20. The molecule has 0 unspecified atom stereocenters. The van der Waals surface area contributed by atoms with E-state index in [4.69, 9.17) is 9.84 Å². The predicted molar refractivity (Wildman–Crippen MR) is 57.9 cm³/mol. The third kappa shape index (κ3) is 2.41. The molecule has 1 aromatic carbocycles. The average Bonchev–Trinajstić information content (AvgIpc) is 2.79. The number of rotatable bonds is 4. The quantitative estimate of drug-likeness (QED) is 0.868. The molecule has 0 fully saturated rings. The molecule has 88 valence electrons. The molecule has 0 radical (unpaired) electrons. The van der Waals surface area contributed by atoms with E-state index >= 15 is 0 Å². The summed E-state index contributed by atoms with van der Waals surface area (Å²) < 4.78 is 9.90. The smallest absolute Gasteiger partial charge is 0.394 e. The van der Waals surface area contributed by atoms with Gasteiger partial charge in [-0.15, -0.1) is 0 Å². The lowest BCUT2D eigenvalue weighted by Crippen LogP contribution is -1.95. The van der Waals surface area contributed by atoms with Gasteiger partial charge in [-0.25, -0.2) is 4.79 Å². The number of aromatic nitrogens is 2. The van der Waals surface area contributed by atoms with Crippen molar-refractivity contribution < 1.29 is 19.2 Å². The molecule has 0 aliphatic carbocycles. The monoisotopic (exact) mass is 234 g/mol. The zero-order valence-electron chi connectivity index (χ0n) is 9.08. The minimum absolute atomic E-state index is 0.226. The Hall–Kier alpha value is -2.37. The number of carbonyl (C=O) groups is 1. The van der Waals surface area contributed by atoms with E-state index in [1.165, 1.54) is 0 Å². The van der Waals surface area contributed by atoms with Gasteiger partial charge in [0.2, 0.25) is 5.82 Å². The van der Waals surface area contributed by atoms with Gasteiger partial charge in [-0.1, -0.05) is 17.3 Å². The van der Waals surface area contributed by atoms with Crippen molar-refractivity contribution >= 4 is 5.97 Å². The molecule has 6 nitrogen and oxygen atoms in total. The summed E-state index contributed by atoms with van der Waals surface area (Å²) in [4.78, 5) is 14.3. The van der Waals surface area contributed by atoms with Crippen LogP contribution in [0, 0.1) is 0 Å². The minimum atomic E-state index is -1.25. The van der Waals surface area contributed by atoms with Gasteiger partial charge in [0, 0.05) is 5.56 Å². The average molecular weight is 234 g/mol. The maximum absolute atomic E-state index is 10.6. The SMILES string of the molecule is CCOc1cccc(-c2noc(C(=O)O)n2)c1. The summed E-state index contributed by atoms with van der Waals surface area (Å²) in [5, 5.41) is 12.2. The van der Waals surface area contributed by atoms with Crippen LogP contribution in [0.2, 0.25) is 0 Å². The highest BCUT2D eigenvalue weighted by atomic mass is 16.5. The normalized spacial score (nSPS) is 10.2. The third-order valence-electron chi connectivity index (χ3n) is 2.01. The number of aromatic carboxylic acids is 1. The highest BCUT2D eigenvalue weighted by Crippen LogP contribution is 2.21. The summed E-state index contributed by atoms with van der Waals surface area (Å²) in [5.74, 6) is -0.776. The number of carboxylic acids is 1. The van der Waals surface area contributed by atoms with E-state index in [9.17, 15) is 4.79 Å². The molecule has 2 rings (SSSR count). The van der Waals surface area contributed by atoms with Crippen LogP contribution < -0.4 is 4.74 Å². The molecule has 0 bridgehead atoms. The number of hydrogen-bond acceptors (Lipinski definition) is 5. The molecule has 0 spiro atoms. The van der Waals surface area contributed by atoms with Crippen molar-refractivity contribution in [1.29, 1.82) is 0 Å². The van der Waals surface area contributed by atoms with E-state index in [2.05, 4.69) is 14.7 Å². The lowest BCUT2D eigenvalue weighted by molar-refractivity contribution is 0.0643. The Bertz CT molecular complexity index is 536. The van der Waals surface area contributed by atoms with Crippen LogP contribution in [-0.4, -0.2) is 27.8 Å². The van der Waals surface area contributed by atoms with Gasteiger partial charge in [-0.05, 0) is 19.1 Å². The maximum Gasteiger partial charge on any atom is 0.394 e. The van der Waals surface area contributed by atoms with Gasteiger partial charge >= 0.3 is 11.9 Å². The van der Waals surface area contributed by atoms with Crippen molar-refractivity contribution in [2.75, 3.05) is 6.61 Å². The molecule has 1 heterocycles. The Kier molecular flexibility index (Phi) is 3.04. The number of nitrogens with zero attached hydrogens (tertiary/aromatic N) is 2. The molecule has 17 heavy (non-hydrogen) atoms. The first kappa shape index (κ1) is 11.1. The van der Waals surface area contributed by atoms with Crippen LogP contribution >= 0.6 is 0 Å². The fraction of sp³-hybridized carbons (Fsp3) is 0.182. The van der Waals surface area contributed by atoms with E-state index in [0.717, 1.165) is 0 Å². The van der Waals surface area contributed by atoms with Gasteiger partial charge in [-0.2, -0.15) is 4.98 Å². The molecule has 0 aliphatic heterocycles. The molecular weight excluding hydrogens is 224 g/mol. The van der Waals surface area contributed by atoms with Gasteiger partial charge in [-0.3, -0.25) is 0 Å². The van der Waals surface area contributed by atoms with Gasteiger partial charge in [0.25, 0.3) is 0 Å². The fourth-order valence-electron chi connectivity index (χ4n) is 1.32. The Morgan fingerprint density at radius 1 is 1.53 bits per heavy atom. The Labute approximate surface area is 96.8 Å². The molecule has 1 N–H and O–H groups in total. The molecular formula is C11H10N2O4. The Morgan fingerprint density at radius 2 is 2.35 bits per heavy atom. The number of ether oxygens (including phenoxy) is 1. The standard InChI is InChI=1S/C11H10N2O4/c1-2-16-8-5-3-4-7(6-8)9-12-10(11(14)15)17-13-9/h3-6H,2H2,1H3,(H,14,15). The second-order valence-electron chi connectivity index (χ2n) is 3.19. The first-order valence-corrected chi connectivity index (χ1v) is 5.01. The maximum atomic E-state index is 10.6. The van der Waals surface area contributed by atoms with Crippen molar-refractivity contribution in [3.63, 3.8) is 0 Å². The van der Waals surface area contributed by atoms with E-state index in [1.54, 1.807) is 24.3 Å². The van der Waals surface area contributed by atoms with E-state index in [1.807, 2.05) is 6.92 Å². The fourth-order valence-corrected chi connectivity index (χ4v) is 1.32. The van der Waals surface area contributed by atoms with Crippen molar-refractivity contribution in [2.24, 2.45) is 0 Å². The van der Waals surface area contributed by atoms with Crippen LogP contribution in [-0.2, 0) is 0 Å². The zero-order valence-corrected chi connectivity index (χ0v) is 9.08. The lowest BCUT2D eigenvalue weighted by atomic mass is 10.2. The van der Waals surface area contributed by atoms with E-state index in [0.29, 0.717) is 17.9 Å². The molecule has 0 atom stereocenters. The van der Waals surface area contributed by atoms with Crippen molar-refractivity contribution in [2.45, 2.75) is 6.92 Å². The van der Waals surface area contributed by atoms with Crippen LogP contribution in [0.4, 0.5) is 0 Å². The van der Waals surface area contributed by atoms with Gasteiger partial charge < -0.3 is 14.4 Å². The summed E-state index contributed by atoms with van der Waals surface area (Å²) in [6, 6.07) is 7.04. The predicted octanol–water partition coefficient (Wildman–Crippen LogP) is 1.83. The first-order valence-electron chi connectivity index (χ1n) is 5.01. The third-order valence-corrected chi connectivity index (χ3v) is 2.01. The summed E-state index contributed by atoms with van der Waals surface area (Å²) in [6.45, 7) is 2.43. The summed E-state index contributed by atoms with van der Waals surface area (Å²) in [7, 11) is 0. The van der Waals surface area contributed by atoms with Crippen molar-refractivity contribution in [3.8, 4) is 17.1 Å². The van der Waals surface area contributed by atoms with Crippen LogP contribution in [0.3, 0.4) is 0 Å². The Morgan fingerprint density at radius 3 is 3.00 bits per heavy atom. The van der Waals surface area contributed by atoms with Crippen LogP contribution in [0.15, 0.2) is 28.8 Å². The zero-order chi connectivity index (χ0) is 12.3. The molecule has 0 aliphatic rings. The topological polar surface area (TPSA) is 85.5 Å². The summed E-state index contributed by atoms with van der Waals surface area (Å²) >= 11 is 0. The molecule has 0 amide bonds. The lowest BCUT2D eigenvalue weighted by Gasteiger charge is -2.02. The molecule has 1 aromatic heterocycles. The highest BCUT2D eigenvalue weighted by molar-refractivity contribution is 5.82. The largest absolute Gasteiger partial charge is 0.494 e. The van der Waals surface area contributed by atoms with Crippen LogP contribution in [0.1, 0.15) is 17.6 Å². The number of benzene rings is 1. The molecule has 2 aromatic rings. The highest BCUT2D eigenvalue weighted by Gasteiger charge is 2.14. The number of hydrogen-bond donors (Lipinski definition) is 1. The van der Waals surface area contributed by atoms with Gasteiger partial charge in [0.15, 0.2) is 0 Å².